The molecule has 222 valence electrons. The van der Waals surface area contributed by atoms with E-state index in [2.05, 4.69) is 26.3 Å². The van der Waals surface area contributed by atoms with E-state index in [0.29, 0.717) is 12.6 Å². The Balaban J connectivity index is 0.000000333. The number of anilines is 1. The zero-order chi connectivity index (χ0) is 29.8. The van der Waals surface area contributed by atoms with Gasteiger partial charge in [0.25, 0.3) is 0 Å². The molecule has 1 atom stereocenters. The van der Waals surface area contributed by atoms with Crippen molar-refractivity contribution in [2.45, 2.75) is 43.8 Å². The number of hydrogen-bond donors (Lipinski definition) is 3. The molecule has 40 heavy (non-hydrogen) atoms. The Morgan fingerprint density at radius 3 is 2.15 bits per heavy atom. The third-order valence-corrected chi connectivity index (χ3v) is 5.38. The molecular weight excluding hydrogens is 556 g/mol. The minimum absolute atomic E-state index is 0.0559. The van der Waals surface area contributed by atoms with Crippen LogP contribution in [0.4, 0.5) is 32.2 Å². The van der Waals surface area contributed by atoms with E-state index in [9.17, 15) is 26.3 Å². The average Bonchev–Trinajstić information content (AvgIpc) is 2.90. The lowest BCUT2D eigenvalue weighted by molar-refractivity contribution is -0.193. The summed E-state index contributed by atoms with van der Waals surface area (Å²) in [7, 11) is 0. The van der Waals surface area contributed by atoms with Gasteiger partial charge in [-0.25, -0.2) is 19.6 Å². The molecule has 0 spiro atoms. The van der Waals surface area contributed by atoms with Crippen molar-refractivity contribution in [2.75, 3.05) is 38.3 Å². The smallest absolute Gasteiger partial charge is 0.475 e. The van der Waals surface area contributed by atoms with E-state index in [0.717, 1.165) is 57.4 Å². The topological polar surface area (TPSA) is 147 Å². The summed E-state index contributed by atoms with van der Waals surface area (Å²) in [5, 5.41) is 17.8. The summed E-state index contributed by atoms with van der Waals surface area (Å²) in [6, 6.07) is 6.48. The summed E-state index contributed by atoms with van der Waals surface area (Å²) >= 11 is 0. The van der Waals surface area contributed by atoms with Crippen molar-refractivity contribution in [3.05, 3.63) is 48.2 Å². The average molecular weight is 583 g/mol. The van der Waals surface area contributed by atoms with Crippen molar-refractivity contribution in [1.82, 2.24) is 19.9 Å². The summed E-state index contributed by atoms with van der Waals surface area (Å²) in [6.45, 7) is 4.65. The number of carboxylic acids is 2. The summed E-state index contributed by atoms with van der Waals surface area (Å²) in [4.78, 5) is 33.7. The van der Waals surface area contributed by atoms with E-state index in [1.807, 2.05) is 24.5 Å². The number of hydrogen-bond acceptors (Lipinski definition) is 9. The van der Waals surface area contributed by atoms with E-state index in [1.165, 1.54) is 5.56 Å². The lowest BCUT2D eigenvalue weighted by Gasteiger charge is -2.34. The largest absolute Gasteiger partial charge is 0.490 e. The minimum Gasteiger partial charge on any atom is -0.475 e. The molecule has 17 heteroatoms. The number of carboxylic acid groups (broad SMARTS) is 2. The molecule has 2 aliphatic rings. The predicted molar refractivity (Wildman–Crippen MR) is 125 cm³/mol. The Morgan fingerprint density at radius 1 is 0.975 bits per heavy atom. The number of aliphatic carboxylic acids is 2. The van der Waals surface area contributed by atoms with Crippen LogP contribution < -0.4 is 5.32 Å². The second-order valence-corrected chi connectivity index (χ2v) is 8.36. The van der Waals surface area contributed by atoms with Gasteiger partial charge < -0.3 is 25.0 Å². The van der Waals surface area contributed by atoms with Gasteiger partial charge in [0.2, 0.25) is 0 Å². The molecule has 0 amide bonds. The number of pyridine rings is 1. The molecule has 0 saturated carbocycles. The van der Waals surface area contributed by atoms with Gasteiger partial charge in [0, 0.05) is 50.9 Å². The van der Waals surface area contributed by atoms with Crippen molar-refractivity contribution in [2.24, 2.45) is 0 Å². The SMILES string of the molecule is O=C(O)C(F)(F)F.O=C(O)C(F)(F)F.c1cncc(CN2CCOCC2c2nccc(NC3CCOCC3)n2)c1. The van der Waals surface area contributed by atoms with Crippen LogP contribution in [-0.2, 0) is 25.6 Å². The maximum absolute atomic E-state index is 10.6. The van der Waals surface area contributed by atoms with Gasteiger partial charge in [-0.3, -0.25) is 9.88 Å². The highest BCUT2D eigenvalue weighted by Gasteiger charge is 2.39. The van der Waals surface area contributed by atoms with Crippen LogP contribution in [0.25, 0.3) is 0 Å². The molecule has 4 rings (SSSR count). The molecule has 2 fully saturated rings. The third kappa shape index (κ3) is 11.7. The maximum Gasteiger partial charge on any atom is 0.490 e. The predicted octanol–water partition coefficient (Wildman–Crippen LogP) is 3.30. The molecule has 0 aromatic carbocycles. The van der Waals surface area contributed by atoms with E-state index in [1.54, 1.807) is 6.20 Å². The Hall–Kier alpha value is -3.57. The van der Waals surface area contributed by atoms with Gasteiger partial charge in [0.05, 0.1) is 19.3 Å². The lowest BCUT2D eigenvalue weighted by atomic mass is 10.1. The Morgan fingerprint density at radius 2 is 1.60 bits per heavy atom. The first kappa shape index (κ1) is 32.6. The summed E-state index contributed by atoms with van der Waals surface area (Å²) < 4.78 is 74.6. The van der Waals surface area contributed by atoms with Gasteiger partial charge in [0.1, 0.15) is 11.6 Å². The number of nitrogens with one attached hydrogen (secondary N) is 1. The Kier molecular flexibility index (Phi) is 12.5. The number of morpholine rings is 1. The van der Waals surface area contributed by atoms with Gasteiger partial charge in [0.15, 0.2) is 0 Å². The number of carbonyl (C=O) groups is 2. The number of nitrogens with zero attached hydrogens (tertiary/aromatic N) is 4. The number of aromatic nitrogens is 3. The second kappa shape index (κ2) is 15.3. The van der Waals surface area contributed by atoms with E-state index in [-0.39, 0.29) is 6.04 Å². The Labute approximate surface area is 224 Å². The second-order valence-electron chi connectivity index (χ2n) is 8.36. The van der Waals surface area contributed by atoms with Crippen LogP contribution in [0.1, 0.15) is 30.3 Å². The van der Waals surface area contributed by atoms with Crippen LogP contribution in [0.3, 0.4) is 0 Å². The number of rotatable bonds is 5. The van der Waals surface area contributed by atoms with Crippen LogP contribution in [0.15, 0.2) is 36.8 Å². The van der Waals surface area contributed by atoms with Crippen LogP contribution in [-0.4, -0.2) is 93.4 Å². The minimum atomic E-state index is -5.08. The molecular formula is C23H27F6N5O6. The van der Waals surface area contributed by atoms with E-state index >= 15 is 0 Å². The highest BCUT2D eigenvalue weighted by molar-refractivity contribution is 5.73. The highest BCUT2D eigenvalue weighted by Crippen LogP contribution is 2.24. The number of ether oxygens (including phenoxy) is 2. The van der Waals surface area contributed by atoms with Crippen LogP contribution >= 0.6 is 0 Å². The van der Waals surface area contributed by atoms with Crippen molar-refractivity contribution in [3.63, 3.8) is 0 Å². The first-order valence-corrected chi connectivity index (χ1v) is 11.8. The molecule has 1 unspecified atom stereocenters. The first-order valence-electron chi connectivity index (χ1n) is 11.8. The molecule has 0 aliphatic carbocycles. The van der Waals surface area contributed by atoms with Crippen molar-refractivity contribution >= 4 is 17.8 Å². The molecule has 2 saturated heterocycles. The fraction of sp³-hybridized carbons (Fsp3) is 0.522. The molecule has 4 heterocycles. The van der Waals surface area contributed by atoms with E-state index < -0.39 is 24.3 Å². The van der Waals surface area contributed by atoms with Crippen molar-refractivity contribution < 1.29 is 55.6 Å². The van der Waals surface area contributed by atoms with Crippen LogP contribution in [0, 0.1) is 0 Å². The fourth-order valence-electron chi connectivity index (χ4n) is 3.46. The van der Waals surface area contributed by atoms with Crippen molar-refractivity contribution in [3.8, 4) is 0 Å². The lowest BCUT2D eigenvalue weighted by Crippen LogP contribution is -2.40. The van der Waals surface area contributed by atoms with Gasteiger partial charge in [-0.1, -0.05) is 6.07 Å². The highest BCUT2D eigenvalue weighted by atomic mass is 19.4. The Bertz CT molecular complexity index is 1050. The molecule has 2 aromatic heterocycles. The van der Waals surface area contributed by atoms with Crippen LogP contribution in [0.2, 0.25) is 0 Å². The number of alkyl halides is 6. The standard InChI is InChI=1S/C19H25N5O2.2C2HF3O2/c1-2-15(12-20-6-1)13-24-8-11-26-14-17(24)19-21-7-3-18(23-19)22-16-4-9-25-10-5-16;2*3-2(4,5)1(6)7/h1-3,6-7,12,16-17H,4-5,8-11,13-14H2,(H,21,22,23);2*(H,6,7). The zero-order valence-electron chi connectivity index (χ0n) is 20.9. The summed E-state index contributed by atoms with van der Waals surface area (Å²) in [5.41, 5.74) is 1.19. The quantitative estimate of drug-likeness (QED) is 0.446. The molecule has 2 aliphatic heterocycles. The third-order valence-electron chi connectivity index (χ3n) is 5.38. The normalized spacial score (nSPS) is 18.4. The van der Waals surface area contributed by atoms with Crippen molar-refractivity contribution in [1.29, 1.82) is 0 Å². The number of halogens is 6. The van der Waals surface area contributed by atoms with Gasteiger partial charge in [-0.05, 0) is 30.5 Å². The maximum atomic E-state index is 10.6. The van der Waals surface area contributed by atoms with Gasteiger partial charge in [-0.15, -0.1) is 0 Å². The summed E-state index contributed by atoms with van der Waals surface area (Å²) in [6.07, 6.45) is -2.59. The molecule has 3 N–H and O–H groups in total. The molecule has 11 nitrogen and oxygen atoms in total. The fourth-order valence-corrected chi connectivity index (χ4v) is 3.46. The van der Waals surface area contributed by atoms with Gasteiger partial charge in [-0.2, -0.15) is 26.3 Å². The molecule has 0 radical (unpaired) electrons. The molecule has 2 aromatic rings. The first-order chi connectivity index (χ1) is 18.8. The molecule has 0 bridgehead atoms. The zero-order valence-corrected chi connectivity index (χ0v) is 20.9. The van der Waals surface area contributed by atoms with Gasteiger partial charge >= 0.3 is 24.3 Å². The van der Waals surface area contributed by atoms with Crippen LogP contribution in [0.5, 0.6) is 0 Å². The monoisotopic (exact) mass is 583 g/mol. The summed E-state index contributed by atoms with van der Waals surface area (Å²) in [5.74, 6) is -3.82. The van der Waals surface area contributed by atoms with E-state index in [4.69, 9.17) is 34.3 Å².